The van der Waals surface area contributed by atoms with Crippen LogP contribution in [0.4, 0.5) is 4.79 Å². The van der Waals surface area contributed by atoms with Crippen LogP contribution in [0.15, 0.2) is 54.6 Å². The molecule has 0 spiro atoms. The van der Waals surface area contributed by atoms with E-state index >= 15 is 0 Å². The van der Waals surface area contributed by atoms with E-state index in [0.717, 1.165) is 16.9 Å². The highest BCUT2D eigenvalue weighted by molar-refractivity contribution is 5.85. The number of amides is 1. The Balaban J connectivity index is 2.02. The van der Waals surface area contributed by atoms with Gasteiger partial charge in [0.05, 0.1) is 13.7 Å². The quantitative estimate of drug-likeness (QED) is 0.663. The van der Waals surface area contributed by atoms with E-state index < -0.39 is 17.6 Å². The number of aryl methyl sites for hydroxylation is 1. The number of hydrogen-bond donors (Lipinski definition) is 1. The third-order valence-corrected chi connectivity index (χ3v) is 4.35. The van der Waals surface area contributed by atoms with Gasteiger partial charge >= 0.3 is 12.1 Å². The van der Waals surface area contributed by atoms with Crippen LogP contribution in [0.3, 0.4) is 0 Å². The Kier molecular flexibility index (Phi) is 7.87. The number of alkyl carbamates (subject to hydrolysis) is 1. The Labute approximate surface area is 165 Å². The van der Waals surface area contributed by atoms with Crippen molar-refractivity contribution in [1.82, 2.24) is 5.32 Å². The molecule has 0 aliphatic heterocycles. The summed E-state index contributed by atoms with van der Waals surface area (Å²) < 4.78 is 15.6. The second kappa shape index (κ2) is 10.3. The van der Waals surface area contributed by atoms with Gasteiger partial charge in [0.25, 0.3) is 0 Å². The second-order valence-corrected chi connectivity index (χ2v) is 6.59. The Morgan fingerprint density at radius 2 is 1.75 bits per heavy atom. The van der Waals surface area contributed by atoms with Gasteiger partial charge in [0.1, 0.15) is 17.9 Å². The fourth-order valence-corrected chi connectivity index (χ4v) is 2.71. The maximum Gasteiger partial charge on any atom is 0.407 e. The molecule has 0 saturated carbocycles. The number of benzene rings is 2. The third-order valence-electron chi connectivity index (χ3n) is 4.35. The van der Waals surface area contributed by atoms with Gasteiger partial charge in [-0.1, -0.05) is 42.5 Å². The lowest BCUT2D eigenvalue weighted by Gasteiger charge is -2.27. The topological polar surface area (TPSA) is 73.9 Å². The lowest BCUT2D eigenvalue weighted by atomic mass is 9.93. The van der Waals surface area contributed by atoms with Gasteiger partial charge in [0, 0.05) is 0 Å². The van der Waals surface area contributed by atoms with E-state index in [-0.39, 0.29) is 6.61 Å². The van der Waals surface area contributed by atoms with Crippen LogP contribution in [-0.4, -0.2) is 31.3 Å². The predicted octanol–water partition coefficient (Wildman–Crippen LogP) is 3.88. The molecule has 1 atom stereocenters. The highest BCUT2D eigenvalue weighted by Crippen LogP contribution is 2.20. The minimum absolute atomic E-state index is 0.236. The molecule has 0 bridgehead atoms. The summed E-state index contributed by atoms with van der Waals surface area (Å²) in [5.41, 5.74) is 0.905. The van der Waals surface area contributed by atoms with Gasteiger partial charge in [-0.3, -0.25) is 0 Å². The molecule has 2 aromatic rings. The van der Waals surface area contributed by atoms with Crippen LogP contribution in [0.5, 0.6) is 5.75 Å². The first-order chi connectivity index (χ1) is 13.5. The smallest absolute Gasteiger partial charge is 0.407 e. The number of ether oxygens (including phenoxy) is 3. The Bertz CT molecular complexity index is 778. The van der Waals surface area contributed by atoms with Gasteiger partial charge in [0.15, 0.2) is 0 Å². The molecule has 6 heteroatoms. The van der Waals surface area contributed by atoms with Crippen LogP contribution in [0.25, 0.3) is 0 Å². The molecule has 6 nitrogen and oxygen atoms in total. The second-order valence-electron chi connectivity index (χ2n) is 6.59. The first kappa shape index (κ1) is 21.3. The van der Waals surface area contributed by atoms with Gasteiger partial charge in [0.2, 0.25) is 0 Å². The molecule has 0 aromatic heterocycles. The van der Waals surface area contributed by atoms with Crippen molar-refractivity contribution in [1.29, 1.82) is 0 Å². The molecular formula is C22H27NO5. The summed E-state index contributed by atoms with van der Waals surface area (Å²) in [6.45, 7) is 4.08. The Morgan fingerprint density at radius 3 is 2.43 bits per heavy atom. The van der Waals surface area contributed by atoms with Crippen molar-refractivity contribution < 1.29 is 23.8 Å². The molecule has 1 N–H and O–H groups in total. The minimum Gasteiger partial charge on any atom is -0.489 e. The first-order valence-electron chi connectivity index (χ1n) is 9.26. The monoisotopic (exact) mass is 385 g/mol. The van der Waals surface area contributed by atoms with Gasteiger partial charge < -0.3 is 19.5 Å². The number of esters is 1. The zero-order valence-corrected chi connectivity index (χ0v) is 16.6. The molecule has 2 rings (SSSR count). The van der Waals surface area contributed by atoms with Crippen molar-refractivity contribution in [3.63, 3.8) is 0 Å². The number of rotatable bonds is 9. The van der Waals surface area contributed by atoms with Gasteiger partial charge in [-0.15, -0.1) is 0 Å². The summed E-state index contributed by atoms with van der Waals surface area (Å²) in [5.74, 6) is 0.261. The minimum atomic E-state index is -1.18. The Morgan fingerprint density at radius 1 is 1.04 bits per heavy atom. The number of methoxy groups -OCH3 is 1. The van der Waals surface area contributed by atoms with Gasteiger partial charge in [-0.25, -0.2) is 9.59 Å². The maximum atomic E-state index is 12.3. The predicted molar refractivity (Wildman–Crippen MR) is 106 cm³/mol. The molecule has 0 saturated heterocycles. The van der Waals surface area contributed by atoms with Crippen molar-refractivity contribution >= 4 is 12.1 Å². The van der Waals surface area contributed by atoms with E-state index in [1.54, 1.807) is 13.8 Å². The molecule has 0 aliphatic carbocycles. The normalized spacial score (nSPS) is 12.5. The maximum absolute atomic E-state index is 12.3. The standard InChI is InChI=1S/C22H27NO5/c1-4-27-20(24)22(2,23-21(25)26-3)14-13-17-11-8-12-19(15-17)28-16-18-9-6-5-7-10-18/h5-12,15H,4,13-14,16H2,1-3H3,(H,23,25). The van der Waals surface area contributed by atoms with Crippen LogP contribution >= 0.6 is 0 Å². The molecule has 1 amide bonds. The highest BCUT2D eigenvalue weighted by Gasteiger charge is 2.36. The number of hydrogen-bond acceptors (Lipinski definition) is 5. The van der Waals surface area contributed by atoms with Crippen molar-refractivity contribution in [3.05, 3.63) is 65.7 Å². The number of nitrogens with one attached hydrogen (secondary N) is 1. The zero-order chi connectivity index (χ0) is 20.4. The van der Waals surface area contributed by atoms with Crippen LogP contribution in [0.2, 0.25) is 0 Å². The van der Waals surface area contributed by atoms with Crippen molar-refractivity contribution in [2.24, 2.45) is 0 Å². The summed E-state index contributed by atoms with van der Waals surface area (Å²) >= 11 is 0. The van der Waals surface area contributed by atoms with E-state index in [2.05, 4.69) is 10.1 Å². The first-order valence-corrected chi connectivity index (χ1v) is 9.26. The largest absolute Gasteiger partial charge is 0.489 e. The van der Waals surface area contributed by atoms with Gasteiger partial charge in [-0.05, 0) is 49.9 Å². The number of carbonyl (C=O) groups is 2. The van der Waals surface area contributed by atoms with E-state index in [0.29, 0.717) is 19.4 Å². The van der Waals surface area contributed by atoms with E-state index in [1.807, 2.05) is 54.6 Å². The SMILES string of the molecule is CCOC(=O)C(C)(CCc1cccc(OCc2ccccc2)c1)NC(=O)OC. The van der Waals surface area contributed by atoms with Gasteiger partial charge in [-0.2, -0.15) is 0 Å². The lowest BCUT2D eigenvalue weighted by Crippen LogP contribution is -2.53. The summed E-state index contributed by atoms with van der Waals surface area (Å²) in [7, 11) is 1.26. The lowest BCUT2D eigenvalue weighted by molar-refractivity contribution is -0.150. The van der Waals surface area contributed by atoms with Crippen molar-refractivity contribution in [2.75, 3.05) is 13.7 Å². The molecular weight excluding hydrogens is 358 g/mol. The van der Waals surface area contributed by atoms with Crippen LogP contribution < -0.4 is 10.1 Å². The van der Waals surface area contributed by atoms with E-state index in [9.17, 15) is 9.59 Å². The van der Waals surface area contributed by atoms with E-state index in [1.165, 1.54) is 7.11 Å². The fourth-order valence-electron chi connectivity index (χ4n) is 2.71. The Hall–Kier alpha value is -3.02. The molecule has 0 aliphatic rings. The average molecular weight is 385 g/mol. The van der Waals surface area contributed by atoms with Crippen LogP contribution in [0.1, 0.15) is 31.4 Å². The van der Waals surface area contributed by atoms with E-state index in [4.69, 9.17) is 9.47 Å². The summed E-state index contributed by atoms with van der Waals surface area (Å²) in [5, 5.41) is 2.59. The molecule has 2 aromatic carbocycles. The zero-order valence-electron chi connectivity index (χ0n) is 16.6. The molecule has 28 heavy (non-hydrogen) atoms. The van der Waals surface area contributed by atoms with Crippen LogP contribution in [0, 0.1) is 0 Å². The molecule has 0 heterocycles. The highest BCUT2D eigenvalue weighted by atomic mass is 16.5. The van der Waals surface area contributed by atoms with Crippen molar-refractivity contribution in [2.45, 2.75) is 38.8 Å². The van der Waals surface area contributed by atoms with Crippen LogP contribution in [-0.2, 0) is 27.3 Å². The fraction of sp³-hybridized carbons (Fsp3) is 0.364. The molecule has 0 radical (unpaired) electrons. The average Bonchev–Trinajstić information content (AvgIpc) is 2.72. The third kappa shape index (κ3) is 6.30. The van der Waals surface area contributed by atoms with Crippen molar-refractivity contribution in [3.8, 4) is 5.75 Å². The summed E-state index contributed by atoms with van der Waals surface area (Å²) in [4.78, 5) is 24.0. The molecule has 0 fully saturated rings. The molecule has 1 unspecified atom stereocenters. The summed E-state index contributed by atoms with van der Waals surface area (Å²) in [6.07, 6.45) is 0.251. The number of carbonyl (C=O) groups excluding carboxylic acids is 2. The molecule has 150 valence electrons. The summed E-state index contributed by atoms with van der Waals surface area (Å²) in [6, 6.07) is 17.6.